The van der Waals surface area contributed by atoms with E-state index in [-0.39, 0.29) is 0 Å². The van der Waals surface area contributed by atoms with Gasteiger partial charge in [0.25, 0.3) is 0 Å². The van der Waals surface area contributed by atoms with Crippen molar-refractivity contribution in [2.24, 2.45) is 0 Å². The third kappa shape index (κ3) is 3.57. The largest absolute Gasteiger partial charge is 0.339 e. The van der Waals surface area contributed by atoms with Crippen LogP contribution in [-0.2, 0) is 4.79 Å². The zero-order valence-electron chi connectivity index (χ0n) is 18.4. The van der Waals surface area contributed by atoms with E-state index in [0.717, 1.165) is 40.4 Å². The molecule has 5 heteroatoms. The molecular weight excluding hydrogens is 410 g/mol. The third-order valence-electron chi connectivity index (χ3n) is 6.04. The van der Waals surface area contributed by atoms with Gasteiger partial charge in [-0.05, 0) is 25.0 Å². The number of rotatable bonds is 5. The van der Waals surface area contributed by atoms with Crippen molar-refractivity contribution in [2.45, 2.75) is 19.9 Å². The fourth-order valence-corrected chi connectivity index (χ4v) is 4.29. The highest BCUT2D eigenvalue weighted by molar-refractivity contribution is 6.00. The van der Waals surface area contributed by atoms with Gasteiger partial charge in [0.1, 0.15) is 17.6 Å². The molecule has 33 heavy (non-hydrogen) atoms. The number of fused-ring (bicyclic) bond motifs is 1. The topological polar surface area (TPSA) is 64.0 Å². The Bertz CT molecular complexity index is 1370. The summed E-state index contributed by atoms with van der Waals surface area (Å²) >= 11 is 0. The molecule has 0 amide bonds. The first-order valence-corrected chi connectivity index (χ1v) is 10.8. The molecule has 0 aliphatic carbocycles. The van der Waals surface area contributed by atoms with Crippen molar-refractivity contribution in [2.75, 3.05) is 5.32 Å². The molecule has 1 aliphatic rings. The van der Waals surface area contributed by atoms with Crippen molar-refractivity contribution < 1.29 is 9.59 Å². The van der Waals surface area contributed by atoms with Gasteiger partial charge in [-0.25, -0.2) is 4.68 Å². The number of carbonyl (C=O) groups excluding carboxylic acids is 2. The van der Waals surface area contributed by atoms with Crippen molar-refractivity contribution in [1.82, 2.24) is 9.78 Å². The van der Waals surface area contributed by atoms with E-state index in [1.165, 1.54) is 0 Å². The number of aldehydes is 2. The second-order valence-corrected chi connectivity index (χ2v) is 8.29. The van der Waals surface area contributed by atoms with E-state index in [4.69, 9.17) is 5.10 Å². The molecule has 5 rings (SSSR count). The van der Waals surface area contributed by atoms with Crippen LogP contribution in [0.15, 0.2) is 84.4 Å². The Morgan fingerprint density at radius 3 is 1.97 bits per heavy atom. The van der Waals surface area contributed by atoms with Gasteiger partial charge in [0.2, 0.25) is 0 Å². The number of nitrogens with one attached hydrogen (secondary N) is 1. The molecule has 0 radical (unpaired) electrons. The Balaban J connectivity index is 1.77. The fourth-order valence-electron chi connectivity index (χ4n) is 4.29. The predicted molar refractivity (Wildman–Crippen MR) is 130 cm³/mol. The number of benzene rings is 3. The quantitative estimate of drug-likeness (QED) is 0.416. The Hall–Kier alpha value is -4.25. The van der Waals surface area contributed by atoms with E-state index in [1.54, 1.807) is 4.68 Å². The Kier molecular flexibility index (Phi) is 5.23. The van der Waals surface area contributed by atoms with Gasteiger partial charge in [-0.15, -0.1) is 0 Å². The first kappa shape index (κ1) is 20.6. The van der Waals surface area contributed by atoms with E-state index in [0.29, 0.717) is 28.3 Å². The Labute approximate surface area is 192 Å². The lowest BCUT2D eigenvalue weighted by atomic mass is 9.93. The van der Waals surface area contributed by atoms with E-state index in [9.17, 15) is 9.59 Å². The van der Waals surface area contributed by atoms with Crippen LogP contribution in [-0.4, -0.2) is 22.4 Å². The fraction of sp³-hybridized carbons (Fsp3) is 0.107. The molecule has 1 aromatic heterocycles. The number of hydrogen-bond donors (Lipinski definition) is 1. The first-order valence-electron chi connectivity index (χ1n) is 10.8. The van der Waals surface area contributed by atoms with Gasteiger partial charge >= 0.3 is 0 Å². The summed E-state index contributed by atoms with van der Waals surface area (Å²) in [5.41, 5.74) is 7.20. The second-order valence-electron chi connectivity index (χ2n) is 8.29. The van der Waals surface area contributed by atoms with E-state index >= 15 is 0 Å². The molecule has 0 unspecified atom stereocenters. The standard InChI is InChI=1S/C28H23N3O2/c1-18-8-12-20(13-9-18)25-23(16-32)27(22-6-4-3-5-7-22)31-28(29-25)24(17-33)26(30-31)21-14-10-19(2)11-15-21/h3-17,27,29H,1-2H3/t27-/m1/s1. The molecule has 162 valence electrons. The van der Waals surface area contributed by atoms with Gasteiger partial charge in [0, 0.05) is 11.1 Å². The minimum Gasteiger partial charge on any atom is -0.339 e. The van der Waals surface area contributed by atoms with Gasteiger partial charge in [-0.1, -0.05) is 90.0 Å². The highest BCUT2D eigenvalue weighted by atomic mass is 16.1. The van der Waals surface area contributed by atoms with Gasteiger partial charge in [-0.3, -0.25) is 9.59 Å². The number of aromatic nitrogens is 2. The van der Waals surface area contributed by atoms with Crippen molar-refractivity contribution in [1.29, 1.82) is 0 Å². The van der Waals surface area contributed by atoms with Gasteiger partial charge in [0.15, 0.2) is 12.6 Å². The van der Waals surface area contributed by atoms with Gasteiger partial charge in [-0.2, -0.15) is 5.10 Å². The number of allylic oxidation sites excluding steroid dienone is 1. The number of anilines is 1. The summed E-state index contributed by atoms with van der Waals surface area (Å²) in [5, 5.41) is 8.22. The molecular formula is C28H23N3O2. The zero-order chi connectivity index (χ0) is 22.9. The molecule has 0 bridgehead atoms. The molecule has 2 heterocycles. The summed E-state index contributed by atoms with van der Waals surface area (Å²) < 4.78 is 1.76. The van der Waals surface area contributed by atoms with Crippen LogP contribution < -0.4 is 5.32 Å². The molecule has 0 spiro atoms. The molecule has 0 saturated carbocycles. The summed E-state index contributed by atoms with van der Waals surface area (Å²) in [4.78, 5) is 24.8. The molecule has 1 atom stereocenters. The Morgan fingerprint density at radius 2 is 1.39 bits per heavy atom. The van der Waals surface area contributed by atoms with Crippen LogP contribution >= 0.6 is 0 Å². The zero-order valence-corrected chi connectivity index (χ0v) is 18.4. The minimum absolute atomic E-state index is 0.464. The lowest BCUT2D eigenvalue weighted by Crippen LogP contribution is -2.25. The van der Waals surface area contributed by atoms with Gasteiger partial charge in [0.05, 0.1) is 11.3 Å². The molecule has 0 saturated heterocycles. The summed E-state index contributed by atoms with van der Waals surface area (Å²) in [6, 6.07) is 25.2. The summed E-state index contributed by atoms with van der Waals surface area (Å²) in [6.07, 6.45) is 1.72. The molecule has 1 aliphatic heterocycles. The van der Waals surface area contributed by atoms with Crippen LogP contribution in [0, 0.1) is 13.8 Å². The SMILES string of the molecule is Cc1ccc(C2=C(C=O)[C@@H](c3ccccc3)n3nc(-c4ccc(C)cc4)c(C=O)c3N2)cc1. The minimum atomic E-state index is -0.464. The average molecular weight is 434 g/mol. The summed E-state index contributed by atoms with van der Waals surface area (Å²) in [7, 11) is 0. The maximum absolute atomic E-state index is 12.5. The van der Waals surface area contributed by atoms with Crippen molar-refractivity contribution in [3.8, 4) is 11.3 Å². The lowest BCUT2D eigenvalue weighted by Gasteiger charge is -2.29. The normalized spacial score (nSPS) is 15.0. The van der Waals surface area contributed by atoms with Crippen LogP contribution in [0.4, 0.5) is 5.82 Å². The maximum atomic E-state index is 12.5. The molecule has 0 fully saturated rings. The van der Waals surface area contributed by atoms with Crippen LogP contribution in [0.2, 0.25) is 0 Å². The number of nitrogens with zero attached hydrogens (tertiary/aromatic N) is 2. The number of aryl methyl sites for hydroxylation is 2. The first-order chi connectivity index (χ1) is 16.1. The van der Waals surface area contributed by atoms with Crippen LogP contribution in [0.5, 0.6) is 0 Å². The van der Waals surface area contributed by atoms with Crippen LogP contribution in [0.1, 0.15) is 38.7 Å². The maximum Gasteiger partial charge on any atom is 0.156 e. The molecule has 4 aromatic rings. The van der Waals surface area contributed by atoms with E-state index in [2.05, 4.69) is 5.32 Å². The third-order valence-corrected chi connectivity index (χ3v) is 6.04. The van der Waals surface area contributed by atoms with Crippen molar-refractivity contribution in [3.63, 3.8) is 0 Å². The van der Waals surface area contributed by atoms with Crippen molar-refractivity contribution in [3.05, 3.63) is 112 Å². The smallest absolute Gasteiger partial charge is 0.156 e. The van der Waals surface area contributed by atoms with E-state index < -0.39 is 6.04 Å². The highest BCUT2D eigenvalue weighted by Crippen LogP contribution is 2.42. The molecule has 1 N–H and O–H groups in total. The predicted octanol–water partition coefficient (Wildman–Crippen LogP) is 5.60. The highest BCUT2D eigenvalue weighted by Gasteiger charge is 2.34. The summed E-state index contributed by atoms with van der Waals surface area (Å²) in [5.74, 6) is 0.579. The lowest BCUT2D eigenvalue weighted by molar-refractivity contribution is -0.105. The second kappa shape index (κ2) is 8.36. The number of carbonyl (C=O) groups is 2. The number of hydrogen-bond acceptors (Lipinski definition) is 4. The van der Waals surface area contributed by atoms with Crippen LogP contribution in [0.25, 0.3) is 17.0 Å². The molecule has 3 aromatic carbocycles. The Morgan fingerprint density at radius 1 is 0.788 bits per heavy atom. The monoisotopic (exact) mass is 433 g/mol. The average Bonchev–Trinajstić information content (AvgIpc) is 3.22. The van der Waals surface area contributed by atoms with Crippen molar-refractivity contribution >= 4 is 24.1 Å². The van der Waals surface area contributed by atoms with Gasteiger partial charge < -0.3 is 5.32 Å². The van der Waals surface area contributed by atoms with E-state index in [1.807, 2.05) is 92.7 Å². The van der Waals surface area contributed by atoms with Crippen LogP contribution in [0.3, 0.4) is 0 Å². The molecule has 5 nitrogen and oxygen atoms in total. The summed E-state index contributed by atoms with van der Waals surface area (Å²) in [6.45, 7) is 4.04.